The van der Waals surface area contributed by atoms with E-state index in [0.29, 0.717) is 5.82 Å². The molecule has 6 nitrogen and oxygen atoms in total. The zero-order chi connectivity index (χ0) is 20.2. The van der Waals surface area contributed by atoms with Crippen molar-refractivity contribution in [1.29, 1.82) is 0 Å². The summed E-state index contributed by atoms with van der Waals surface area (Å²) >= 11 is 1.57. The number of rotatable bonds is 7. The van der Waals surface area contributed by atoms with Crippen molar-refractivity contribution in [3.8, 4) is 10.4 Å². The summed E-state index contributed by atoms with van der Waals surface area (Å²) in [6.07, 6.45) is 1.68. The molecule has 4 aromatic rings. The van der Waals surface area contributed by atoms with Gasteiger partial charge in [0.05, 0.1) is 24.5 Å². The number of nitrogens with one attached hydrogen (secondary N) is 1. The number of thiophene rings is 1. The zero-order valence-corrected chi connectivity index (χ0v) is 16.4. The van der Waals surface area contributed by atoms with Gasteiger partial charge >= 0.3 is 0 Å². The Bertz CT molecular complexity index is 1130. The van der Waals surface area contributed by atoms with Gasteiger partial charge < -0.3 is 16.2 Å². The molecule has 0 aliphatic rings. The number of anilines is 1. The Morgan fingerprint density at radius 3 is 2.55 bits per heavy atom. The molecule has 2 aromatic heterocycles. The first-order valence-electron chi connectivity index (χ1n) is 9.18. The van der Waals surface area contributed by atoms with Crippen molar-refractivity contribution in [2.45, 2.75) is 19.1 Å². The molecule has 1 unspecified atom stereocenters. The van der Waals surface area contributed by atoms with E-state index in [4.69, 9.17) is 5.73 Å². The van der Waals surface area contributed by atoms with Gasteiger partial charge in [0.1, 0.15) is 17.0 Å². The van der Waals surface area contributed by atoms with Gasteiger partial charge in [0.2, 0.25) is 5.91 Å². The fourth-order valence-corrected chi connectivity index (χ4v) is 4.20. The van der Waals surface area contributed by atoms with Crippen molar-refractivity contribution in [1.82, 2.24) is 9.97 Å². The Morgan fingerprint density at radius 1 is 1.10 bits per heavy atom. The first kappa shape index (κ1) is 19.0. The van der Waals surface area contributed by atoms with Crippen molar-refractivity contribution >= 4 is 33.3 Å². The Balaban J connectivity index is 1.69. The summed E-state index contributed by atoms with van der Waals surface area (Å²) in [7, 11) is 0. The maximum atomic E-state index is 11.6. The highest BCUT2D eigenvalue weighted by Crippen LogP contribution is 2.36. The van der Waals surface area contributed by atoms with Crippen LogP contribution >= 0.6 is 11.3 Å². The predicted molar refractivity (Wildman–Crippen MR) is 115 cm³/mol. The largest absolute Gasteiger partial charge is 0.392 e. The van der Waals surface area contributed by atoms with Gasteiger partial charge in [-0.2, -0.15) is 0 Å². The van der Waals surface area contributed by atoms with Crippen LogP contribution in [0.3, 0.4) is 0 Å². The van der Waals surface area contributed by atoms with Gasteiger partial charge in [-0.1, -0.05) is 54.6 Å². The molecular formula is C22H20N4O2S. The molecule has 0 spiro atoms. The molecule has 0 aliphatic heterocycles. The third kappa shape index (κ3) is 4.26. The summed E-state index contributed by atoms with van der Waals surface area (Å²) in [6.45, 7) is 0.0208. The van der Waals surface area contributed by atoms with Crippen molar-refractivity contribution in [3.63, 3.8) is 0 Å². The number of benzene rings is 2. The van der Waals surface area contributed by atoms with E-state index in [2.05, 4.69) is 15.3 Å². The van der Waals surface area contributed by atoms with E-state index in [9.17, 15) is 9.90 Å². The van der Waals surface area contributed by atoms with E-state index in [1.54, 1.807) is 11.3 Å². The molecule has 0 radical (unpaired) electrons. The van der Waals surface area contributed by atoms with Crippen LogP contribution in [-0.4, -0.2) is 21.0 Å². The summed E-state index contributed by atoms with van der Waals surface area (Å²) in [5.74, 6) is 0.284. The smallest absolute Gasteiger partial charge is 0.219 e. The van der Waals surface area contributed by atoms with Gasteiger partial charge in [-0.05, 0) is 22.8 Å². The van der Waals surface area contributed by atoms with E-state index in [1.807, 2.05) is 60.7 Å². The van der Waals surface area contributed by atoms with Crippen molar-refractivity contribution < 1.29 is 9.90 Å². The lowest BCUT2D eigenvalue weighted by molar-refractivity contribution is -0.118. The zero-order valence-electron chi connectivity index (χ0n) is 15.6. The highest BCUT2D eigenvalue weighted by atomic mass is 32.1. The van der Waals surface area contributed by atoms with Gasteiger partial charge in [0.25, 0.3) is 0 Å². The van der Waals surface area contributed by atoms with Crippen LogP contribution in [0.5, 0.6) is 0 Å². The summed E-state index contributed by atoms with van der Waals surface area (Å²) in [6, 6.07) is 19.3. The maximum absolute atomic E-state index is 11.6. The van der Waals surface area contributed by atoms with Crippen molar-refractivity contribution in [2.24, 2.45) is 5.73 Å². The van der Waals surface area contributed by atoms with E-state index in [1.165, 1.54) is 6.33 Å². The highest BCUT2D eigenvalue weighted by Gasteiger charge is 2.17. The van der Waals surface area contributed by atoms with Gasteiger partial charge in [-0.25, -0.2) is 9.97 Å². The number of carbonyl (C=O) groups excluding carboxylic acids is 1. The van der Waals surface area contributed by atoms with Crippen LogP contribution in [0.4, 0.5) is 5.82 Å². The van der Waals surface area contributed by atoms with E-state index in [-0.39, 0.29) is 25.0 Å². The second kappa shape index (κ2) is 8.38. The second-order valence-corrected chi connectivity index (χ2v) is 7.72. The Kier molecular flexibility index (Phi) is 5.50. The molecule has 0 aliphatic carbocycles. The SMILES string of the molecule is NC(=O)CC(Nc1ncnc2sc(-c3ccc(CO)cc3)cc12)c1ccccc1. The molecule has 29 heavy (non-hydrogen) atoms. The monoisotopic (exact) mass is 404 g/mol. The number of aliphatic hydroxyl groups excluding tert-OH is 1. The van der Waals surface area contributed by atoms with Crippen LogP contribution in [0, 0.1) is 0 Å². The molecule has 0 bridgehead atoms. The standard InChI is InChI=1S/C22H20N4O2S/c23-20(28)11-18(15-4-2-1-3-5-15)26-21-17-10-19(29-22(17)25-13-24-21)16-8-6-14(12-27)7-9-16/h1-10,13,18,27H,11-12H2,(H2,23,28)(H,24,25,26). The molecule has 4 N–H and O–H groups in total. The molecule has 7 heteroatoms. The summed E-state index contributed by atoms with van der Waals surface area (Å²) in [5.41, 5.74) is 8.36. The van der Waals surface area contributed by atoms with E-state index >= 15 is 0 Å². The Hall–Kier alpha value is -3.29. The number of nitrogens with zero attached hydrogens (tertiary/aromatic N) is 2. The Labute approximate surface area is 172 Å². The summed E-state index contributed by atoms with van der Waals surface area (Å²) < 4.78 is 0. The van der Waals surface area contributed by atoms with Gasteiger partial charge in [-0.3, -0.25) is 4.79 Å². The molecule has 0 fully saturated rings. The molecule has 2 heterocycles. The quantitative estimate of drug-likeness (QED) is 0.434. The number of aliphatic hydroxyl groups is 1. The molecule has 0 saturated heterocycles. The average molecular weight is 404 g/mol. The van der Waals surface area contributed by atoms with Crippen LogP contribution in [0.15, 0.2) is 67.0 Å². The third-order valence-electron chi connectivity index (χ3n) is 4.67. The number of aromatic nitrogens is 2. The lowest BCUT2D eigenvalue weighted by Gasteiger charge is -2.18. The fraction of sp³-hybridized carbons (Fsp3) is 0.136. The molecule has 1 amide bonds. The van der Waals surface area contributed by atoms with Gasteiger partial charge in [0.15, 0.2) is 0 Å². The highest BCUT2D eigenvalue weighted by molar-refractivity contribution is 7.21. The minimum absolute atomic E-state index is 0.0208. The number of nitrogens with two attached hydrogens (primary N) is 1. The Morgan fingerprint density at radius 2 is 1.86 bits per heavy atom. The van der Waals surface area contributed by atoms with Crippen LogP contribution in [-0.2, 0) is 11.4 Å². The number of primary amides is 1. The first-order valence-corrected chi connectivity index (χ1v) is 10.00. The minimum atomic E-state index is -0.383. The molecule has 4 rings (SSSR count). The van der Waals surface area contributed by atoms with Crippen LogP contribution in [0.25, 0.3) is 20.7 Å². The maximum Gasteiger partial charge on any atom is 0.219 e. The lowest BCUT2D eigenvalue weighted by atomic mass is 10.0. The van der Waals surface area contributed by atoms with E-state index in [0.717, 1.165) is 31.8 Å². The third-order valence-corrected chi connectivity index (χ3v) is 5.76. The van der Waals surface area contributed by atoms with Gasteiger partial charge in [0, 0.05) is 4.88 Å². The summed E-state index contributed by atoms with van der Waals surface area (Å²) in [5, 5.41) is 13.5. The molecule has 1 atom stereocenters. The number of amides is 1. The number of fused-ring (bicyclic) bond motifs is 1. The lowest BCUT2D eigenvalue weighted by Crippen LogP contribution is -2.21. The minimum Gasteiger partial charge on any atom is -0.392 e. The fourth-order valence-electron chi connectivity index (χ4n) is 3.19. The second-order valence-electron chi connectivity index (χ2n) is 6.68. The van der Waals surface area contributed by atoms with Crippen LogP contribution in [0.2, 0.25) is 0 Å². The van der Waals surface area contributed by atoms with E-state index < -0.39 is 0 Å². The molecule has 0 saturated carbocycles. The average Bonchev–Trinajstić information content (AvgIpc) is 3.19. The van der Waals surface area contributed by atoms with Crippen LogP contribution < -0.4 is 11.1 Å². The van der Waals surface area contributed by atoms with Crippen molar-refractivity contribution in [3.05, 3.63) is 78.1 Å². The normalized spacial score (nSPS) is 12.0. The molecular weight excluding hydrogens is 384 g/mol. The van der Waals surface area contributed by atoms with Crippen molar-refractivity contribution in [2.75, 3.05) is 5.32 Å². The predicted octanol–water partition coefficient (Wildman–Crippen LogP) is 3.88. The number of carbonyl (C=O) groups is 1. The topological polar surface area (TPSA) is 101 Å². The number of hydrogen-bond acceptors (Lipinski definition) is 6. The molecule has 2 aromatic carbocycles. The van der Waals surface area contributed by atoms with Gasteiger partial charge in [-0.15, -0.1) is 11.3 Å². The summed E-state index contributed by atoms with van der Waals surface area (Å²) in [4.78, 5) is 22.3. The first-order chi connectivity index (χ1) is 14.1. The number of hydrogen-bond donors (Lipinski definition) is 3. The van der Waals surface area contributed by atoms with Crippen LogP contribution in [0.1, 0.15) is 23.6 Å². The molecule has 146 valence electrons.